The van der Waals surface area contributed by atoms with E-state index in [4.69, 9.17) is 9.52 Å². The fraction of sp³-hybridized carbons (Fsp3) is 0.348. The first-order valence-corrected chi connectivity index (χ1v) is 10.5. The van der Waals surface area contributed by atoms with Crippen LogP contribution >= 0.6 is 0 Å². The number of piperidine rings is 1. The molecule has 1 amide bonds. The Bertz CT molecular complexity index is 1150. The smallest absolute Gasteiger partial charge is 0.274 e. The summed E-state index contributed by atoms with van der Waals surface area (Å²) < 4.78 is 7.33. The summed E-state index contributed by atoms with van der Waals surface area (Å²) in [6.45, 7) is 2.04. The number of rotatable bonds is 5. The van der Waals surface area contributed by atoms with Gasteiger partial charge in [-0.15, -0.1) is 0 Å². The number of hydrogen-bond acceptors (Lipinski definition) is 6. The number of anilines is 1. The number of furan rings is 1. The number of carbonyl (C=O) groups is 1. The predicted molar refractivity (Wildman–Crippen MR) is 114 cm³/mol. The van der Waals surface area contributed by atoms with Crippen LogP contribution in [0, 0.1) is 5.92 Å². The summed E-state index contributed by atoms with van der Waals surface area (Å²) in [6.07, 6.45) is 2.61. The third kappa shape index (κ3) is 3.74. The summed E-state index contributed by atoms with van der Waals surface area (Å²) in [6, 6.07) is 12.7. The van der Waals surface area contributed by atoms with Crippen LogP contribution < -0.4 is 10.9 Å². The average Bonchev–Trinajstić information content (AvgIpc) is 3.27. The molecule has 2 unspecified atom stereocenters. The Kier molecular flexibility index (Phi) is 5.07. The molecule has 2 bridgehead atoms. The highest BCUT2D eigenvalue weighted by molar-refractivity contribution is 5.92. The Morgan fingerprint density at radius 3 is 2.77 bits per heavy atom. The van der Waals surface area contributed by atoms with Gasteiger partial charge in [0.25, 0.3) is 11.5 Å². The maximum atomic E-state index is 13.1. The van der Waals surface area contributed by atoms with Gasteiger partial charge in [-0.2, -0.15) is 0 Å². The van der Waals surface area contributed by atoms with Gasteiger partial charge in [0.2, 0.25) is 0 Å². The van der Waals surface area contributed by atoms with E-state index >= 15 is 0 Å². The van der Waals surface area contributed by atoms with E-state index in [1.165, 1.54) is 0 Å². The summed E-state index contributed by atoms with van der Waals surface area (Å²) in [7, 11) is 0. The number of likely N-dealkylation sites (tertiary alicyclic amines) is 1. The standard InChI is InChI=1S/C23H24N4O4/c28-14-18-5-4-17(31-18)10-25-20-6-7-21-16-9-15(12-27(21)23(20)30)11-26(13-16)22(29)19-3-1-2-8-24-19/h1-8,15-16,25,28H,9-14H2. The summed E-state index contributed by atoms with van der Waals surface area (Å²) in [5, 5.41) is 12.3. The van der Waals surface area contributed by atoms with E-state index in [9.17, 15) is 9.59 Å². The Morgan fingerprint density at radius 2 is 2.00 bits per heavy atom. The van der Waals surface area contributed by atoms with Gasteiger partial charge in [-0.05, 0) is 48.7 Å². The lowest BCUT2D eigenvalue weighted by Crippen LogP contribution is -2.49. The number of nitrogens with zero attached hydrogens (tertiary/aromatic N) is 3. The van der Waals surface area contributed by atoms with Gasteiger partial charge < -0.3 is 24.3 Å². The van der Waals surface area contributed by atoms with Crippen molar-refractivity contribution >= 4 is 11.6 Å². The lowest BCUT2D eigenvalue weighted by Gasteiger charge is -2.42. The summed E-state index contributed by atoms with van der Waals surface area (Å²) in [5.41, 5.74) is 1.91. The molecule has 3 aromatic rings. The maximum absolute atomic E-state index is 13.1. The molecule has 1 fully saturated rings. The molecule has 2 N–H and O–H groups in total. The third-order valence-corrected chi connectivity index (χ3v) is 6.10. The minimum Gasteiger partial charge on any atom is -0.462 e. The van der Waals surface area contributed by atoms with E-state index in [2.05, 4.69) is 10.3 Å². The van der Waals surface area contributed by atoms with Crippen molar-refractivity contribution in [2.45, 2.75) is 32.0 Å². The highest BCUT2D eigenvalue weighted by atomic mass is 16.4. The number of aliphatic hydroxyl groups is 1. The van der Waals surface area contributed by atoms with Gasteiger partial charge in [-0.25, -0.2) is 0 Å². The molecule has 0 aromatic carbocycles. The highest BCUT2D eigenvalue weighted by Gasteiger charge is 2.37. The van der Waals surface area contributed by atoms with Crippen LogP contribution in [0.15, 0.2) is 57.9 Å². The molecule has 5 heterocycles. The number of amides is 1. The van der Waals surface area contributed by atoms with E-state index in [0.717, 1.165) is 12.1 Å². The zero-order chi connectivity index (χ0) is 21.4. The van der Waals surface area contributed by atoms with Crippen molar-refractivity contribution in [2.75, 3.05) is 18.4 Å². The molecule has 2 atom stereocenters. The average molecular weight is 420 g/mol. The normalized spacial score (nSPS) is 19.7. The number of hydrogen-bond donors (Lipinski definition) is 2. The molecule has 5 rings (SSSR count). The molecule has 3 aromatic heterocycles. The first kappa shape index (κ1) is 19.6. The van der Waals surface area contributed by atoms with Crippen molar-refractivity contribution in [3.8, 4) is 0 Å². The lowest BCUT2D eigenvalue weighted by atomic mass is 9.83. The second kappa shape index (κ2) is 8.03. The zero-order valence-corrected chi connectivity index (χ0v) is 17.0. The van der Waals surface area contributed by atoms with Crippen LogP contribution in [-0.2, 0) is 19.7 Å². The molecule has 0 radical (unpaired) electrons. The van der Waals surface area contributed by atoms with Gasteiger partial charge in [0, 0.05) is 37.4 Å². The number of fused-ring (bicyclic) bond motifs is 4. The maximum Gasteiger partial charge on any atom is 0.274 e. The van der Waals surface area contributed by atoms with Crippen LogP contribution in [0.2, 0.25) is 0 Å². The number of nitrogens with one attached hydrogen (secondary N) is 1. The van der Waals surface area contributed by atoms with Gasteiger partial charge in [0.05, 0.1) is 6.54 Å². The molecule has 8 nitrogen and oxygen atoms in total. The molecule has 0 aliphatic carbocycles. The third-order valence-electron chi connectivity index (χ3n) is 6.10. The quantitative estimate of drug-likeness (QED) is 0.656. The Balaban J connectivity index is 1.34. The van der Waals surface area contributed by atoms with Gasteiger partial charge in [-0.1, -0.05) is 6.07 Å². The number of aromatic nitrogens is 2. The predicted octanol–water partition coefficient (Wildman–Crippen LogP) is 2.20. The fourth-order valence-corrected chi connectivity index (χ4v) is 4.68. The summed E-state index contributed by atoms with van der Waals surface area (Å²) in [4.78, 5) is 32.0. The second-order valence-electron chi connectivity index (χ2n) is 8.19. The number of aliphatic hydroxyl groups excluding tert-OH is 1. The van der Waals surface area contributed by atoms with E-state index < -0.39 is 0 Å². The SMILES string of the molecule is O=C(c1ccccn1)N1CC2CC(C1)c1ccc(NCc3ccc(CO)o3)c(=O)n1C2. The molecular weight excluding hydrogens is 396 g/mol. The molecule has 8 heteroatoms. The van der Waals surface area contributed by atoms with E-state index in [1.54, 1.807) is 30.5 Å². The largest absolute Gasteiger partial charge is 0.462 e. The van der Waals surface area contributed by atoms with E-state index in [-0.39, 0.29) is 29.9 Å². The summed E-state index contributed by atoms with van der Waals surface area (Å²) in [5.74, 6) is 1.48. The monoisotopic (exact) mass is 420 g/mol. The van der Waals surface area contributed by atoms with E-state index in [0.29, 0.717) is 49.1 Å². The summed E-state index contributed by atoms with van der Waals surface area (Å²) >= 11 is 0. The van der Waals surface area contributed by atoms with Crippen molar-refractivity contribution in [1.82, 2.24) is 14.5 Å². The molecular formula is C23H24N4O4. The Hall–Kier alpha value is -3.39. The number of carbonyl (C=O) groups excluding carboxylic acids is 1. The minimum atomic E-state index is -0.149. The van der Waals surface area contributed by atoms with Crippen molar-refractivity contribution in [3.05, 3.63) is 81.9 Å². The van der Waals surface area contributed by atoms with E-state index in [1.807, 2.05) is 27.7 Å². The highest BCUT2D eigenvalue weighted by Crippen LogP contribution is 2.35. The van der Waals surface area contributed by atoms with Crippen LogP contribution in [0.1, 0.15) is 40.0 Å². The van der Waals surface area contributed by atoms with Gasteiger partial charge in [0.1, 0.15) is 29.5 Å². The van der Waals surface area contributed by atoms with Crippen LogP contribution in [-0.4, -0.2) is 38.6 Å². The molecule has 0 saturated carbocycles. The minimum absolute atomic E-state index is 0.0503. The van der Waals surface area contributed by atoms with Crippen LogP contribution in [0.5, 0.6) is 0 Å². The topological polar surface area (TPSA) is 101 Å². The van der Waals surface area contributed by atoms with Crippen molar-refractivity contribution in [2.24, 2.45) is 5.92 Å². The number of pyridine rings is 2. The van der Waals surface area contributed by atoms with Gasteiger partial charge >= 0.3 is 0 Å². The Morgan fingerprint density at radius 1 is 1.13 bits per heavy atom. The van der Waals surface area contributed by atoms with Crippen LogP contribution in [0.25, 0.3) is 0 Å². The lowest BCUT2D eigenvalue weighted by molar-refractivity contribution is 0.0589. The van der Waals surface area contributed by atoms with Crippen molar-refractivity contribution < 1.29 is 14.3 Å². The molecule has 0 spiro atoms. The second-order valence-corrected chi connectivity index (χ2v) is 8.19. The van der Waals surface area contributed by atoms with Gasteiger partial charge in [-0.3, -0.25) is 14.6 Å². The first-order chi connectivity index (χ1) is 15.1. The first-order valence-electron chi connectivity index (χ1n) is 10.5. The van der Waals surface area contributed by atoms with Crippen LogP contribution in [0.3, 0.4) is 0 Å². The fourth-order valence-electron chi connectivity index (χ4n) is 4.68. The zero-order valence-electron chi connectivity index (χ0n) is 17.0. The van der Waals surface area contributed by atoms with Gasteiger partial charge in [0.15, 0.2) is 0 Å². The molecule has 1 saturated heterocycles. The molecule has 2 aliphatic rings. The molecule has 160 valence electrons. The van der Waals surface area contributed by atoms with Crippen molar-refractivity contribution in [3.63, 3.8) is 0 Å². The Labute approximate surface area is 179 Å². The van der Waals surface area contributed by atoms with Crippen molar-refractivity contribution in [1.29, 1.82) is 0 Å². The molecule has 2 aliphatic heterocycles. The molecule has 31 heavy (non-hydrogen) atoms. The van der Waals surface area contributed by atoms with Crippen LogP contribution in [0.4, 0.5) is 5.69 Å².